The fourth-order valence-corrected chi connectivity index (χ4v) is 0.500. The van der Waals surface area contributed by atoms with Crippen molar-refractivity contribution in [1.29, 1.82) is 0 Å². The second-order valence-electron chi connectivity index (χ2n) is 2.44. The Kier molecular flexibility index (Phi) is 4.53. The summed E-state index contributed by atoms with van der Waals surface area (Å²) in [4.78, 5) is 25.3. The number of ketones is 1. The van der Waals surface area contributed by atoms with Gasteiger partial charge < -0.3 is 9.47 Å². The Hall–Kier alpha value is -0.980. The topological polar surface area (TPSA) is 82.1 Å². The van der Waals surface area contributed by atoms with Crippen molar-refractivity contribution in [2.24, 2.45) is 0 Å². The second-order valence-corrected chi connectivity index (χ2v) is 2.44. The minimum Gasteiger partial charge on any atom is -0.458 e. The highest BCUT2D eigenvalue weighted by atomic mass is 17.1. The van der Waals surface area contributed by atoms with Crippen LogP contribution in [0.5, 0.6) is 0 Å². The van der Waals surface area contributed by atoms with Crippen LogP contribution < -0.4 is 0 Å². The predicted octanol–water partition coefficient (Wildman–Crippen LogP) is -0.0292. The fraction of sp³-hybridized carbons (Fsp3) is 0.714. The Balaban J connectivity index is 4.15. The van der Waals surface area contributed by atoms with Crippen molar-refractivity contribution in [2.75, 3.05) is 13.7 Å². The van der Waals surface area contributed by atoms with Crippen LogP contribution in [0, 0.1) is 0 Å². The monoisotopic (exact) mass is 192 g/mol. The smallest absolute Gasteiger partial charge is 0.303 e. The Bertz CT molecular complexity index is 195. The third kappa shape index (κ3) is 3.49. The molecule has 0 aliphatic rings. The number of carbonyl (C=O) groups excluding carboxylic acids is 2. The van der Waals surface area contributed by atoms with E-state index in [4.69, 9.17) is 5.26 Å². The molecular weight excluding hydrogens is 180 g/mol. The van der Waals surface area contributed by atoms with Crippen LogP contribution in [0.2, 0.25) is 0 Å². The molecule has 0 spiro atoms. The summed E-state index contributed by atoms with van der Waals surface area (Å²) >= 11 is 0. The van der Waals surface area contributed by atoms with E-state index in [0.717, 1.165) is 6.92 Å². The number of ether oxygens (including phenoxy) is 2. The summed E-state index contributed by atoms with van der Waals surface area (Å²) < 4.78 is 8.96. The van der Waals surface area contributed by atoms with E-state index in [0.29, 0.717) is 0 Å². The van der Waals surface area contributed by atoms with E-state index in [1.54, 1.807) is 0 Å². The van der Waals surface area contributed by atoms with Crippen LogP contribution in [0.15, 0.2) is 0 Å². The Labute approximate surface area is 75.3 Å². The molecule has 6 nitrogen and oxygen atoms in total. The molecule has 0 aromatic rings. The maximum Gasteiger partial charge on any atom is 0.303 e. The van der Waals surface area contributed by atoms with Gasteiger partial charge in [-0.1, -0.05) is 0 Å². The largest absolute Gasteiger partial charge is 0.458 e. The van der Waals surface area contributed by atoms with Crippen LogP contribution in [0.25, 0.3) is 0 Å². The molecule has 0 aromatic heterocycles. The van der Waals surface area contributed by atoms with Crippen molar-refractivity contribution >= 4 is 11.8 Å². The van der Waals surface area contributed by atoms with E-state index in [1.165, 1.54) is 14.0 Å². The molecular formula is C7H12O6. The van der Waals surface area contributed by atoms with Crippen LogP contribution in [-0.2, 0) is 24.0 Å². The minimum atomic E-state index is -1.78. The predicted molar refractivity (Wildman–Crippen MR) is 40.8 cm³/mol. The van der Waals surface area contributed by atoms with Crippen LogP contribution in [0.4, 0.5) is 0 Å². The van der Waals surface area contributed by atoms with Gasteiger partial charge in [0.2, 0.25) is 5.78 Å². The highest BCUT2D eigenvalue weighted by Crippen LogP contribution is 2.10. The van der Waals surface area contributed by atoms with Crippen molar-refractivity contribution in [1.82, 2.24) is 0 Å². The molecule has 0 saturated carbocycles. The molecule has 0 aliphatic carbocycles. The first kappa shape index (κ1) is 12.0. The molecule has 13 heavy (non-hydrogen) atoms. The van der Waals surface area contributed by atoms with Gasteiger partial charge in [0, 0.05) is 21.0 Å². The quantitative estimate of drug-likeness (QED) is 0.285. The fourth-order valence-electron chi connectivity index (χ4n) is 0.500. The summed E-state index contributed by atoms with van der Waals surface area (Å²) in [5.41, 5.74) is 0. The maximum atomic E-state index is 11.1. The molecule has 6 heteroatoms. The zero-order valence-corrected chi connectivity index (χ0v) is 7.70. The summed E-state index contributed by atoms with van der Waals surface area (Å²) in [6.45, 7) is 1.87. The average Bonchev–Trinajstić information content (AvgIpc) is 2.12. The van der Waals surface area contributed by atoms with E-state index >= 15 is 0 Å². The van der Waals surface area contributed by atoms with E-state index in [9.17, 15) is 9.59 Å². The van der Waals surface area contributed by atoms with Crippen LogP contribution >= 0.6 is 0 Å². The number of methoxy groups -OCH3 is 1. The third-order valence-electron chi connectivity index (χ3n) is 1.48. The van der Waals surface area contributed by atoms with Crippen molar-refractivity contribution in [2.45, 2.75) is 19.6 Å². The van der Waals surface area contributed by atoms with Gasteiger partial charge in [-0.3, -0.25) is 9.59 Å². The normalized spacial score (nSPS) is 14.8. The van der Waals surface area contributed by atoms with Crippen LogP contribution in [0.3, 0.4) is 0 Å². The summed E-state index contributed by atoms with van der Waals surface area (Å²) in [7, 11) is 1.18. The van der Waals surface area contributed by atoms with Crippen molar-refractivity contribution in [3.8, 4) is 0 Å². The second kappa shape index (κ2) is 4.90. The van der Waals surface area contributed by atoms with Gasteiger partial charge in [-0.25, -0.2) is 5.26 Å². The molecule has 1 N–H and O–H groups in total. The van der Waals surface area contributed by atoms with E-state index in [-0.39, 0.29) is 0 Å². The molecule has 0 amide bonds. The van der Waals surface area contributed by atoms with Gasteiger partial charge in [-0.05, 0) is 0 Å². The molecule has 0 rings (SSSR count). The number of Topliss-reactive ketones (excluding diaryl/α,β-unsaturated/α-hetero) is 1. The number of hydrogen-bond donors (Lipinski definition) is 1. The lowest BCUT2D eigenvalue weighted by Crippen LogP contribution is -2.42. The number of hydrogen-bond acceptors (Lipinski definition) is 6. The number of carbonyl (C=O) groups is 2. The van der Waals surface area contributed by atoms with Crippen LogP contribution in [0.1, 0.15) is 13.8 Å². The first-order valence-electron chi connectivity index (χ1n) is 3.50. The Morgan fingerprint density at radius 2 is 2.00 bits per heavy atom. The van der Waals surface area contributed by atoms with E-state index < -0.39 is 24.1 Å². The molecule has 1 atom stereocenters. The van der Waals surface area contributed by atoms with Crippen molar-refractivity contribution in [3.63, 3.8) is 0 Å². The van der Waals surface area contributed by atoms with Crippen molar-refractivity contribution in [3.05, 3.63) is 0 Å². The highest BCUT2D eigenvalue weighted by Gasteiger charge is 2.35. The van der Waals surface area contributed by atoms with Crippen molar-refractivity contribution < 1.29 is 29.2 Å². The average molecular weight is 192 g/mol. The van der Waals surface area contributed by atoms with Gasteiger partial charge in [0.15, 0.2) is 6.61 Å². The lowest BCUT2D eigenvalue weighted by molar-refractivity contribution is -0.373. The summed E-state index contributed by atoms with van der Waals surface area (Å²) in [6, 6.07) is 0. The van der Waals surface area contributed by atoms with Gasteiger partial charge in [0.05, 0.1) is 0 Å². The van der Waals surface area contributed by atoms with Gasteiger partial charge in [0.1, 0.15) is 0 Å². The van der Waals surface area contributed by atoms with Gasteiger partial charge >= 0.3 is 5.97 Å². The molecule has 0 aliphatic heterocycles. The Morgan fingerprint density at radius 1 is 1.46 bits per heavy atom. The molecule has 0 heterocycles. The summed E-state index contributed by atoms with van der Waals surface area (Å²) in [6.07, 6.45) is 0. The SMILES string of the molecule is COC(C)(OO)C(=O)COC(C)=O. The summed E-state index contributed by atoms with van der Waals surface area (Å²) in [5, 5.41) is 8.33. The molecule has 76 valence electrons. The van der Waals surface area contributed by atoms with E-state index in [1.807, 2.05) is 0 Å². The maximum absolute atomic E-state index is 11.1. The van der Waals surface area contributed by atoms with Gasteiger partial charge in [0.25, 0.3) is 5.79 Å². The Morgan fingerprint density at radius 3 is 2.31 bits per heavy atom. The molecule has 0 bridgehead atoms. The standard InChI is InChI=1S/C7H12O6/c1-5(8)12-4-6(9)7(2,11-3)13-10/h10H,4H2,1-3H3. The summed E-state index contributed by atoms with van der Waals surface area (Å²) in [5.74, 6) is -3.06. The first-order chi connectivity index (χ1) is 5.96. The number of rotatable bonds is 5. The first-order valence-corrected chi connectivity index (χ1v) is 3.50. The van der Waals surface area contributed by atoms with Gasteiger partial charge in [-0.15, -0.1) is 0 Å². The lowest BCUT2D eigenvalue weighted by Gasteiger charge is -2.21. The highest BCUT2D eigenvalue weighted by molar-refractivity contribution is 5.87. The molecule has 0 fully saturated rings. The third-order valence-corrected chi connectivity index (χ3v) is 1.48. The minimum absolute atomic E-state index is 0.500. The zero-order valence-electron chi connectivity index (χ0n) is 7.70. The zero-order chi connectivity index (χ0) is 10.5. The molecule has 0 aromatic carbocycles. The van der Waals surface area contributed by atoms with Crippen LogP contribution in [-0.4, -0.2) is 36.5 Å². The van der Waals surface area contributed by atoms with Gasteiger partial charge in [-0.2, -0.15) is 4.89 Å². The van der Waals surface area contributed by atoms with E-state index in [2.05, 4.69) is 14.4 Å². The molecule has 1 unspecified atom stereocenters. The molecule has 0 radical (unpaired) electrons. The number of esters is 1. The lowest BCUT2D eigenvalue weighted by atomic mass is 10.2. The molecule has 0 saturated heterocycles.